The number of nitriles is 1. The summed E-state index contributed by atoms with van der Waals surface area (Å²) in [5.41, 5.74) is 7.83. The van der Waals surface area contributed by atoms with E-state index < -0.39 is 0 Å². The second-order valence-corrected chi connectivity index (χ2v) is 4.52. The molecule has 0 unspecified atom stereocenters. The first-order valence-corrected chi connectivity index (χ1v) is 5.98. The number of aromatic amines is 1. The quantitative estimate of drug-likeness (QED) is 0.816. The zero-order chi connectivity index (χ0) is 12.7. The minimum atomic E-state index is -0.211. The highest BCUT2D eigenvalue weighted by molar-refractivity contribution is 5.84. The van der Waals surface area contributed by atoms with E-state index in [0.29, 0.717) is 35.6 Å². The highest BCUT2D eigenvalue weighted by Crippen LogP contribution is 2.43. The molecule has 6 heteroatoms. The highest BCUT2D eigenvalue weighted by Gasteiger charge is 2.32. The van der Waals surface area contributed by atoms with Crippen LogP contribution in [0.25, 0.3) is 11.0 Å². The lowest BCUT2D eigenvalue weighted by molar-refractivity contribution is 0.691. The van der Waals surface area contributed by atoms with Crippen LogP contribution in [0.15, 0.2) is 11.1 Å². The monoisotopic (exact) mass is 243 g/mol. The van der Waals surface area contributed by atoms with Gasteiger partial charge in [-0.1, -0.05) is 0 Å². The molecule has 0 radical (unpaired) electrons. The maximum Gasteiger partial charge on any atom is 0.275 e. The fourth-order valence-corrected chi connectivity index (χ4v) is 2.46. The number of nitrogens with zero attached hydrogens (tertiary/aromatic N) is 3. The van der Waals surface area contributed by atoms with E-state index in [2.05, 4.69) is 16.0 Å². The van der Waals surface area contributed by atoms with Crippen LogP contribution in [-0.2, 0) is 6.54 Å². The van der Waals surface area contributed by atoms with Gasteiger partial charge in [0.1, 0.15) is 17.1 Å². The molecule has 3 rings (SSSR count). The number of hydrogen-bond acceptors (Lipinski definition) is 4. The van der Waals surface area contributed by atoms with Crippen molar-refractivity contribution in [1.29, 1.82) is 5.26 Å². The average molecular weight is 243 g/mol. The number of hydrogen-bond donors (Lipinski definition) is 2. The molecule has 2 aromatic rings. The molecule has 2 aromatic heterocycles. The van der Waals surface area contributed by atoms with Gasteiger partial charge in [0.25, 0.3) is 5.56 Å². The van der Waals surface area contributed by atoms with Gasteiger partial charge >= 0.3 is 0 Å². The second-order valence-electron chi connectivity index (χ2n) is 4.52. The Morgan fingerprint density at radius 2 is 2.39 bits per heavy atom. The highest BCUT2D eigenvalue weighted by atomic mass is 16.1. The Morgan fingerprint density at radius 3 is 3.00 bits per heavy atom. The number of fused-ring (bicyclic) bond motifs is 1. The van der Waals surface area contributed by atoms with E-state index >= 15 is 0 Å². The zero-order valence-corrected chi connectivity index (χ0v) is 9.81. The molecule has 1 aliphatic rings. The first-order valence-electron chi connectivity index (χ1n) is 5.98. The SMILES string of the molecule is N#Cc1c(C2CC2)n(CCN)c2c(=O)[nH]cnc12. The van der Waals surface area contributed by atoms with Crippen LogP contribution in [0.1, 0.15) is 30.0 Å². The third-order valence-electron chi connectivity index (χ3n) is 3.31. The van der Waals surface area contributed by atoms with Crippen molar-refractivity contribution in [2.45, 2.75) is 25.3 Å². The summed E-state index contributed by atoms with van der Waals surface area (Å²) in [5.74, 6) is 0.375. The molecule has 1 fully saturated rings. The Hall–Kier alpha value is -2.13. The molecule has 0 saturated heterocycles. The Morgan fingerprint density at radius 1 is 1.61 bits per heavy atom. The van der Waals surface area contributed by atoms with Crippen LogP contribution in [0.5, 0.6) is 0 Å². The topological polar surface area (TPSA) is 100 Å². The molecule has 6 nitrogen and oxygen atoms in total. The van der Waals surface area contributed by atoms with Crippen LogP contribution >= 0.6 is 0 Å². The summed E-state index contributed by atoms with van der Waals surface area (Å²) in [6, 6.07) is 2.19. The van der Waals surface area contributed by atoms with Crippen LogP contribution in [0.4, 0.5) is 0 Å². The summed E-state index contributed by atoms with van der Waals surface area (Å²) in [7, 11) is 0. The van der Waals surface area contributed by atoms with E-state index in [-0.39, 0.29) is 5.56 Å². The van der Waals surface area contributed by atoms with E-state index in [1.807, 2.05) is 4.57 Å². The van der Waals surface area contributed by atoms with Crippen molar-refractivity contribution >= 4 is 11.0 Å². The van der Waals surface area contributed by atoms with Crippen LogP contribution in [0, 0.1) is 11.3 Å². The molecule has 0 spiro atoms. The molecule has 0 amide bonds. The summed E-state index contributed by atoms with van der Waals surface area (Å²) in [5, 5.41) is 9.32. The molecule has 92 valence electrons. The molecule has 2 heterocycles. The first kappa shape index (κ1) is 11.0. The molecule has 0 aromatic carbocycles. The smallest absolute Gasteiger partial charge is 0.275 e. The third kappa shape index (κ3) is 1.45. The third-order valence-corrected chi connectivity index (χ3v) is 3.31. The van der Waals surface area contributed by atoms with Crippen molar-refractivity contribution in [3.8, 4) is 6.07 Å². The van der Waals surface area contributed by atoms with Gasteiger partial charge in [0.05, 0.1) is 11.9 Å². The average Bonchev–Trinajstić information content (AvgIpc) is 3.14. The van der Waals surface area contributed by atoms with Crippen molar-refractivity contribution in [1.82, 2.24) is 14.5 Å². The van der Waals surface area contributed by atoms with Crippen LogP contribution in [0.3, 0.4) is 0 Å². The van der Waals surface area contributed by atoms with E-state index in [1.165, 1.54) is 6.33 Å². The van der Waals surface area contributed by atoms with Gasteiger partial charge in [0, 0.05) is 24.7 Å². The van der Waals surface area contributed by atoms with Gasteiger partial charge in [-0.15, -0.1) is 0 Å². The summed E-state index contributed by atoms with van der Waals surface area (Å²) >= 11 is 0. The molecule has 0 aliphatic heterocycles. The van der Waals surface area contributed by atoms with Gasteiger partial charge in [-0.25, -0.2) is 4.98 Å². The standard InChI is InChI=1S/C12H13N5O/c13-3-4-17-10(7-1-2-7)8(5-14)9-11(17)12(18)16-6-15-9/h6-7H,1-4,13H2,(H,15,16,18). The lowest BCUT2D eigenvalue weighted by Crippen LogP contribution is -2.17. The van der Waals surface area contributed by atoms with Gasteiger partial charge in [-0.2, -0.15) is 5.26 Å². The zero-order valence-electron chi connectivity index (χ0n) is 9.81. The van der Waals surface area contributed by atoms with Crippen molar-refractivity contribution in [3.05, 3.63) is 27.9 Å². The molecular formula is C12H13N5O. The minimum Gasteiger partial charge on any atom is -0.336 e. The molecule has 1 aliphatic carbocycles. The van der Waals surface area contributed by atoms with Gasteiger partial charge < -0.3 is 15.3 Å². The van der Waals surface area contributed by atoms with Gasteiger partial charge in [0.2, 0.25) is 0 Å². The molecule has 3 N–H and O–H groups in total. The van der Waals surface area contributed by atoms with E-state index in [9.17, 15) is 10.1 Å². The molecular weight excluding hydrogens is 230 g/mol. The molecule has 0 bridgehead atoms. The number of aromatic nitrogens is 3. The van der Waals surface area contributed by atoms with E-state index in [1.54, 1.807) is 0 Å². The first-order chi connectivity index (χ1) is 8.77. The van der Waals surface area contributed by atoms with Crippen molar-refractivity contribution in [3.63, 3.8) is 0 Å². The normalized spacial score (nSPS) is 14.9. The van der Waals surface area contributed by atoms with Gasteiger partial charge in [0.15, 0.2) is 0 Å². The van der Waals surface area contributed by atoms with Crippen molar-refractivity contribution in [2.75, 3.05) is 6.54 Å². The summed E-state index contributed by atoms with van der Waals surface area (Å²) in [4.78, 5) is 18.6. The molecule has 0 atom stereocenters. The summed E-state index contributed by atoms with van der Waals surface area (Å²) in [6.45, 7) is 0.974. The Kier molecular flexibility index (Phi) is 2.42. The molecule has 18 heavy (non-hydrogen) atoms. The van der Waals surface area contributed by atoms with Crippen molar-refractivity contribution in [2.24, 2.45) is 5.73 Å². The minimum absolute atomic E-state index is 0.211. The van der Waals surface area contributed by atoms with E-state index in [4.69, 9.17) is 5.73 Å². The molecule has 1 saturated carbocycles. The fraction of sp³-hybridized carbons (Fsp3) is 0.417. The Balaban J connectivity index is 2.42. The van der Waals surface area contributed by atoms with Crippen LogP contribution < -0.4 is 11.3 Å². The summed E-state index contributed by atoms with van der Waals surface area (Å²) < 4.78 is 1.87. The fourth-order valence-electron chi connectivity index (χ4n) is 2.46. The summed E-state index contributed by atoms with van der Waals surface area (Å²) in [6.07, 6.45) is 3.47. The predicted octanol–water partition coefficient (Wildman–Crippen LogP) is 0.432. The Labute approximate surface area is 103 Å². The van der Waals surface area contributed by atoms with Gasteiger partial charge in [-0.05, 0) is 12.8 Å². The van der Waals surface area contributed by atoms with E-state index in [0.717, 1.165) is 18.5 Å². The number of rotatable bonds is 3. The largest absolute Gasteiger partial charge is 0.336 e. The van der Waals surface area contributed by atoms with Crippen LogP contribution in [0.2, 0.25) is 0 Å². The predicted molar refractivity (Wildman–Crippen MR) is 66.1 cm³/mol. The lowest BCUT2D eigenvalue weighted by atomic mass is 10.2. The lowest BCUT2D eigenvalue weighted by Gasteiger charge is -2.07. The van der Waals surface area contributed by atoms with Crippen molar-refractivity contribution < 1.29 is 0 Å². The number of H-pyrrole nitrogens is 1. The maximum atomic E-state index is 11.9. The number of nitrogens with two attached hydrogens (primary N) is 1. The number of nitrogens with one attached hydrogen (secondary N) is 1. The maximum absolute atomic E-state index is 11.9. The van der Waals surface area contributed by atoms with Crippen LogP contribution in [-0.4, -0.2) is 21.1 Å². The second kappa shape index (κ2) is 3.96. The van der Waals surface area contributed by atoms with Gasteiger partial charge in [-0.3, -0.25) is 4.79 Å². The Bertz CT molecular complexity index is 702.